The number of ether oxygens (including phenoxy) is 2. The first-order valence-electron chi connectivity index (χ1n) is 9.66. The molecule has 3 aromatic carbocycles. The molecule has 0 unspecified atom stereocenters. The predicted molar refractivity (Wildman–Crippen MR) is 111 cm³/mol. The lowest BCUT2D eigenvalue weighted by Gasteiger charge is -2.26. The summed E-state index contributed by atoms with van der Waals surface area (Å²) in [5.74, 6) is 0.918. The molecule has 140 valence electrons. The fourth-order valence-corrected chi connectivity index (χ4v) is 3.37. The molecule has 1 N–H and O–H groups in total. The Hall–Kier alpha value is -2.56. The maximum atomic E-state index is 5.87. The van der Waals surface area contributed by atoms with Crippen LogP contribution >= 0.6 is 0 Å². The molecule has 0 aromatic heterocycles. The summed E-state index contributed by atoms with van der Waals surface area (Å²) in [6, 6.07) is 23.0. The van der Waals surface area contributed by atoms with Crippen molar-refractivity contribution in [3.05, 3.63) is 66.7 Å². The molecule has 1 aliphatic heterocycles. The van der Waals surface area contributed by atoms with Crippen molar-refractivity contribution < 1.29 is 9.47 Å². The van der Waals surface area contributed by atoms with Crippen LogP contribution in [-0.2, 0) is 4.74 Å². The van der Waals surface area contributed by atoms with Crippen molar-refractivity contribution in [1.82, 2.24) is 4.90 Å². The van der Waals surface area contributed by atoms with Gasteiger partial charge in [0.1, 0.15) is 5.75 Å². The van der Waals surface area contributed by atoms with Crippen LogP contribution in [0.15, 0.2) is 66.7 Å². The van der Waals surface area contributed by atoms with Gasteiger partial charge in [-0.3, -0.25) is 4.90 Å². The van der Waals surface area contributed by atoms with E-state index in [0.717, 1.165) is 63.0 Å². The summed E-state index contributed by atoms with van der Waals surface area (Å²) in [5.41, 5.74) is 2.15. The minimum Gasteiger partial charge on any atom is -0.494 e. The van der Waals surface area contributed by atoms with Crippen LogP contribution in [0, 0.1) is 0 Å². The number of anilines is 2. The molecular formula is C23H26N2O2. The number of rotatable bonds is 7. The quantitative estimate of drug-likeness (QED) is 0.619. The fraction of sp³-hybridized carbons (Fsp3) is 0.304. The van der Waals surface area contributed by atoms with Crippen molar-refractivity contribution in [2.75, 3.05) is 44.8 Å². The van der Waals surface area contributed by atoms with Crippen molar-refractivity contribution in [3.8, 4) is 5.75 Å². The van der Waals surface area contributed by atoms with Crippen LogP contribution in [0.5, 0.6) is 5.75 Å². The molecule has 0 saturated carbocycles. The second-order valence-electron chi connectivity index (χ2n) is 6.87. The van der Waals surface area contributed by atoms with Crippen LogP contribution in [-0.4, -0.2) is 44.4 Å². The van der Waals surface area contributed by atoms with Crippen LogP contribution in [0.25, 0.3) is 10.8 Å². The molecule has 0 amide bonds. The Morgan fingerprint density at radius 1 is 0.852 bits per heavy atom. The number of benzene rings is 3. The number of fused-ring (bicyclic) bond motifs is 1. The minimum absolute atomic E-state index is 0.745. The first-order chi connectivity index (χ1) is 13.4. The molecule has 1 saturated heterocycles. The second kappa shape index (κ2) is 8.89. The van der Waals surface area contributed by atoms with E-state index in [0.29, 0.717) is 0 Å². The number of nitrogens with one attached hydrogen (secondary N) is 1. The van der Waals surface area contributed by atoms with Crippen LogP contribution in [0.1, 0.15) is 6.42 Å². The Morgan fingerprint density at radius 2 is 1.59 bits per heavy atom. The Labute approximate surface area is 160 Å². The van der Waals surface area contributed by atoms with E-state index in [1.807, 2.05) is 12.1 Å². The third-order valence-corrected chi connectivity index (χ3v) is 4.88. The molecule has 0 spiro atoms. The van der Waals surface area contributed by atoms with E-state index in [-0.39, 0.29) is 0 Å². The number of hydrogen-bond donors (Lipinski definition) is 1. The summed E-state index contributed by atoms with van der Waals surface area (Å²) in [6.45, 7) is 5.60. The molecule has 0 radical (unpaired) electrons. The molecule has 4 rings (SSSR count). The monoisotopic (exact) mass is 362 g/mol. The first-order valence-corrected chi connectivity index (χ1v) is 9.66. The van der Waals surface area contributed by atoms with Crippen molar-refractivity contribution in [3.63, 3.8) is 0 Å². The molecule has 1 aliphatic rings. The van der Waals surface area contributed by atoms with Gasteiger partial charge in [-0.2, -0.15) is 0 Å². The summed E-state index contributed by atoms with van der Waals surface area (Å²) in [4.78, 5) is 2.43. The SMILES string of the molecule is c1ccc2cc(Nc3ccc(OCCCN4CCOCC4)cc3)ccc2c1. The minimum atomic E-state index is 0.745. The van der Waals surface area contributed by atoms with Gasteiger partial charge in [0.2, 0.25) is 0 Å². The van der Waals surface area contributed by atoms with E-state index in [1.54, 1.807) is 0 Å². The van der Waals surface area contributed by atoms with Gasteiger partial charge < -0.3 is 14.8 Å². The highest BCUT2D eigenvalue weighted by atomic mass is 16.5. The molecule has 0 bridgehead atoms. The van der Waals surface area contributed by atoms with E-state index in [4.69, 9.17) is 9.47 Å². The molecule has 1 fully saturated rings. The summed E-state index contributed by atoms with van der Waals surface area (Å²) in [5, 5.41) is 5.95. The smallest absolute Gasteiger partial charge is 0.119 e. The van der Waals surface area contributed by atoms with Gasteiger partial charge >= 0.3 is 0 Å². The van der Waals surface area contributed by atoms with E-state index in [9.17, 15) is 0 Å². The molecule has 0 aliphatic carbocycles. The number of hydrogen-bond acceptors (Lipinski definition) is 4. The Bertz CT molecular complexity index is 858. The summed E-state index contributed by atoms with van der Waals surface area (Å²) in [6.07, 6.45) is 1.04. The van der Waals surface area contributed by atoms with Gasteiger partial charge in [-0.15, -0.1) is 0 Å². The zero-order valence-electron chi connectivity index (χ0n) is 15.6. The van der Waals surface area contributed by atoms with Crippen LogP contribution < -0.4 is 10.1 Å². The lowest BCUT2D eigenvalue weighted by Crippen LogP contribution is -2.37. The van der Waals surface area contributed by atoms with E-state index in [1.165, 1.54) is 10.8 Å². The van der Waals surface area contributed by atoms with Crippen LogP contribution in [0.3, 0.4) is 0 Å². The van der Waals surface area contributed by atoms with Crippen molar-refractivity contribution in [2.24, 2.45) is 0 Å². The Kier molecular flexibility index (Phi) is 5.87. The maximum Gasteiger partial charge on any atom is 0.119 e. The van der Waals surface area contributed by atoms with Crippen LogP contribution in [0.4, 0.5) is 11.4 Å². The first kappa shape index (κ1) is 17.8. The zero-order chi connectivity index (χ0) is 18.3. The fourth-order valence-electron chi connectivity index (χ4n) is 3.37. The average molecular weight is 362 g/mol. The van der Waals surface area contributed by atoms with Gasteiger partial charge in [0.25, 0.3) is 0 Å². The zero-order valence-corrected chi connectivity index (χ0v) is 15.6. The van der Waals surface area contributed by atoms with Gasteiger partial charge in [0, 0.05) is 31.0 Å². The van der Waals surface area contributed by atoms with Crippen molar-refractivity contribution in [2.45, 2.75) is 6.42 Å². The number of nitrogens with zero attached hydrogens (tertiary/aromatic N) is 1. The molecule has 1 heterocycles. The van der Waals surface area contributed by atoms with E-state index >= 15 is 0 Å². The highest BCUT2D eigenvalue weighted by Crippen LogP contribution is 2.23. The van der Waals surface area contributed by atoms with Gasteiger partial charge in [-0.25, -0.2) is 0 Å². The van der Waals surface area contributed by atoms with Gasteiger partial charge in [0.15, 0.2) is 0 Å². The molecule has 27 heavy (non-hydrogen) atoms. The standard InChI is InChI=1S/C23H26N2O2/c1-2-5-20-18-22(7-6-19(20)4-1)24-21-8-10-23(11-9-21)27-15-3-12-25-13-16-26-17-14-25/h1-2,4-11,18,24H,3,12-17H2. The largest absolute Gasteiger partial charge is 0.494 e. The third kappa shape index (κ3) is 5.00. The van der Waals surface area contributed by atoms with Crippen LogP contribution in [0.2, 0.25) is 0 Å². The summed E-state index contributed by atoms with van der Waals surface area (Å²) in [7, 11) is 0. The van der Waals surface area contributed by atoms with Crippen molar-refractivity contribution in [1.29, 1.82) is 0 Å². The Morgan fingerprint density at radius 3 is 2.41 bits per heavy atom. The Balaban J connectivity index is 1.26. The highest BCUT2D eigenvalue weighted by molar-refractivity contribution is 5.86. The summed E-state index contributed by atoms with van der Waals surface area (Å²) >= 11 is 0. The topological polar surface area (TPSA) is 33.7 Å². The van der Waals surface area contributed by atoms with Gasteiger partial charge in [0.05, 0.1) is 19.8 Å². The third-order valence-electron chi connectivity index (χ3n) is 4.88. The average Bonchev–Trinajstić information content (AvgIpc) is 2.73. The molecule has 3 aromatic rings. The molecular weight excluding hydrogens is 336 g/mol. The molecule has 4 nitrogen and oxygen atoms in total. The second-order valence-corrected chi connectivity index (χ2v) is 6.87. The van der Waals surface area contributed by atoms with E-state index in [2.05, 4.69) is 64.8 Å². The lowest BCUT2D eigenvalue weighted by molar-refractivity contribution is 0.0358. The lowest BCUT2D eigenvalue weighted by atomic mass is 10.1. The van der Waals surface area contributed by atoms with E-state index < -0.39 is 0 Å². The predicted octanol–water partition coefficient (Wildman–Crippen LogP) is 4.68. The summed E-state index contributed by atoms with van der Waals surface area (Å²) < 4.78 is 11.2. The van der Waals surface area contributed by atoms with Gasteiger partial charge in [-0.1, -0.05) is 30.3 Å². The normalized spacial score (nSPS) is 15.0. The molecule has 4 heteroatoms. The van der Waals surface area contributed by atoms with Crippen molar-refractivity contribution >= 4 is 22.1 Å². The maximum absolute atomic E-state index is 5.87. The van der Waals surface area contributed by atoms with Gasteiger partial charge in [-0.05, 0) is 53.6 Å². The highest BCUT2D eigenvalue weighted by Gasteiger charge is 2.09. The molecule has 0 atom stereocenters. The number of morpholine rings is 1.